The van der Waals surface area contributed by atoms with Crippen molar-refractivity contribution in [3.05, 3.63) is 94.3 Å². The third-order valence-electron chi connectivity index (χ3n) is 6.32. The molecular formula is C29H31FO3. The van der Waals surface area contributed by atoms with Gasteiger partial charge in [-0.15, -0.1) is 0 Å². The predicted molar refractivity (Wildman–Crippen MR) is 129 cm³/mol. The Morgan fingerprint density at radius 2 is 1.42 bits per heavy atom. The highest BCUT2D eigenvalue weighted by atomic mass is 19.1. The molecule has 172 valence electrons. The van der Waals surface area contributed by atoms with E-state index in [1.165, 1.54) is 12.1 Å². The fourth-order valence-electron chi connectivity index (χ4n) is 4.57. The summed E-state index contributed by atoms with van der Waals surface area (Å²) < 4.78 is 20.7. The quantitative estimate of drug-likeness (QED) is 0.445. The van der Waals surface area contributed by atoms with Crippen molar-refractivity contribution in [2.75, 3.05) is 0 Å². The molecule has 0 unspecified atom stereocenters. The Hall–Kier alpha value is -3.14. The SMILES string of the molecule is CC(C)(C)c1cc([C@H]2c3ccccc3O[C@@H]2C(=O)c2ccccc2F)cc(C(C)(C)C)c1O. The average Bonchev–Trinajstić information content (AvgIpc) is 3.12. The summed E-state index contributed by atoms with van der Waals surface area (Å²) in [6.07, 6.45) is -0.899. The summed E-state index contributed by atoms with van der Waals surface area (Å²) in [5.41, 5.74) is 2.78. The van der Waals surface area contributed by atoms with E-state index in [4.69, 9.17) is 4.74 Å². The summed E-state index contributed by atoms with van der Waals surface area (Å²) in [6, 6.07) is 17.5. The lowest BCUT2D eigenvalue weighted by Gasteiger charge is -2.30. The minimum absolute atomic E-state index is 0.0196. The summed E-state index contributed by atoms with van der Waals surface area (Å²) in [4.78, 5) is 13.5. The molecule has 4 rings (SSSR count). The maximum atomic E-state index is 14.5. The minimum Gasteiger partial charge on any atom is -0.507 e. The van der Waals surface area contributed by atoms with Crippen LogP contribution < -0.4 is 4.74 Å². The molecule has 33 heavy (non-hydrogen) atoms. The molecule has 0 amide bonds. The van der Waals surface area contributed by atoms with E-state index in [1.54, 1.807) is 12.1 Å². The van der Waals surface area contributed by atoms with Gasteiger partial charge in [0.15, 0.2) is 6.10 Å². The standard InChI is InChI=1S/C29H31FO3/c1-28(2,3)20-15-17(16-21(26(20)32)29(4,5)6)24-19-12-8-10-14-23(19)33-27(24)25(31)18-11-7-9-13-22(18)30/h7-16,24,27,32H,1-6H3/t24-,27-/m0/s1. The van der Waals surface area contributed by atoms with Crippen LogP contribution in [-0.2, 0) is 10.8 Å². The molecule has 0 bridgehead atoms. The third kappa shape index (κ3) is 4.15. The molecule has 0 spiro atoms. The number of aromatic hydroxyl groups is 1. The van der Waals surface area contributed by atoms with Gasteiger partial charge in [-0.05, 0) is 45.7 Å². The van der Waals surface area contributed by atoms with Crippen molar-refractivity contribution in [2.24, 2.45) is 0 Å². The zero-order valence-corrected chi connectivity index (χ0v) is 20.1. The van der Waals surface area contributed by atoms with Gasteiger partial charge < -0.3 is 9.84 Å². The third-order valence-corrected chi connectivity index (χ3v) is 6.32. The van der Waals surface area contributed by atoms with E-state index in [9.17, 15) is 14.3 Å². The van der Waals surface area contributed by atoms with Gasteiger partial charge in [-0.1, -0.05) is 84.0 Å². The number of phenolic OH excluding ortho intramolecular Hbond substituents is 1. The molecule has 0 aromatic heterocycles. The largest absolute Gasteiger partial charge is 0.507 e. The Bertz CT molecular complexity index is 1180. The second kappa shape index (κ2) is 8.02. The Balaban J connectivity index is 1.94. The average molecular weight is 447 g/mol. The first-order valence-corrected chi connectivity index (χ1v) is 11.3. The number of Topliss-reactive ketones (excluding diaryl/α,β-unsaturated/α-hetero) is 1. The van der Waals surface area contributed by atoms with Crippen molar-refractivity contribution < 1.29 is 19.0 Å². The molecule has 0 radical (unpaired) electrons. The van der Waals surface area contributed by atoms with Gasteiger partial charge in [-0.3, -0.25) is 4.79 Å². The van der Waals surface area contributed by atoms with E-state index < -0.39 is 23.6 Å². The summed E-state index contributed by atoms with van der Waals surface area (Å²) in [6.45, 7) is 12.3. The summed E-state index contributed by atoms with van der Waals surface area (Å²) in [5.74, 6) is -0.465. The van der Waals surface area contributed by atoms with Gasteiger partial charge in [0.2, 0.25) is 5.78 Å². The topological polar surface area (TPSA) is 46.5 Å². The first kappa shape index (κ1) is 23.0. The van der Waals surface area contributed by atoms with Gasteiger partial charge in [-0.2, -0.15) is 0 Å². The van der Waals surface area contributed by atoms with Crippen LogP contribution in [0.4, 0.5) is 4.39 Å². The highest BCUT2D eigenvalue weighted by Crippen LogP contribution is 2.47. The molecule has 1 N–H and O–H groups in total. The molecule has 1 aliphatic heterocycles. The van der Waals surface area contributed by atoms with Crippen LogP contribution in [0.2, 0.25) is 0 Å². The highest BCUT2D eigenvalue weighted by Gasteiger charge is 2.42. The van der Waals surface area contributed by atoms with Crippen molar-refractivity contribution in [3.8, 4) is 11.5 Å². The van der Waals surface area contributed by atoms with Crippen LogP contribution in [0.1, 0.15) is 80.1 Å². The lowest BCUT2D eigenvalue weighted by atomic mass is 9.75. The molecule has 0 saturated carbocycles. The van der Waals surface area contributed by atoms with Crippen molar-refractivity contribution in [1.82, 2.24) is 0 Å². The molecule has 1 heterocycles. The van der Waals surface area contributed by atoms with Gasteiger partial charge in [0.1, 0.15) is 17.3 Å². The minimum atomic E-state index is -0.899. The zero-order chi connectivity index (χ0) is 24.1. The zero-order valence-electron chi connectivity index (χ0n) is 20.1. The Kier molecular flexibility index (Phi) is 5.60. The normalized spacial score (nSPS) is 18.0. The lowest BCUT2D eigenvalue weighted by Crippen LogP contribution is -2.31. The molecule has 1 aliphatic rings. The molecule has 3 nitrogen and oxygen atoms in total. The Morgan fingerprint density at radius 3 is 2.00 bits per heavy atom. The molecule has 3 aromatic carbocycles. The fraction of sp³-hybridized carbons (Fsp3) is 0.345. The van der Waals surface area contributed by atoms with Crippen molar-refractivity contribution in [2.45, 2.75) is 64.4 Å². The molecular weight excluding hydrogens is 415 g/mol. The number of rotatable bonds is 3. The summed E-state index contributed by atoms with van der Waals surface area (Å²) in [7, 11) is 0. The van der Waals surface area contributed by atoms with Gasteiger partial charge in [-0.25, -0.2) is 4.39 Å². The fourth-order valence-corrected chi connectivity index (χ4v) is 4.57. The molecule has 4 heteroatoms. The van der Waals surface area contributed by atoms with E-state index in [0.717, 1.165) is 22.3 Å². The number of benzene rings is 3. The number of carbonyl (C=O) groups is 1. The van der Waals surface area contributed by atoms with E-state index in [-0.39, 0.29) is 22.1 Å². The molecule has 3 aromatic rings. The van der Waals surface area contributed by atoms with E-state index in [0.29, 0.717) is 5.75 Å². The van der Waals surface area contributed by atoms with Crippen LogP contribution in [0, 0.1) is 5.82 Å². The number of hydrogen-bond acceptors (Lipinski definition) is 3. The van der Waals surface area contributed by atoms with Crippen LogP contribution in [0.25, 0.3) is 0 Å². The van der Waals surface area contributed by atoms with Gasteiger partial charge >= 0.3 is 0 Å². The van der Waals surface area contributed by atoms with E-state index >= 15 is 0 Å². The summed E-state index contributed by atoms with van der Waals surface area (Å²) >= 11 is 0. The second-order valence-corrected chi connectivity index (χ2v) is 10.9. The number of carbonyl (C=O) groups excluding carboxylic acids is 1. The molecule has 0 fully saturated rings. The van der Waals surface area contributed by atoms with E-state index in [2.05, 4.69) is 41.5 Å². The second-order valence-electron chi connectivity index (χ2n) is 10.9. The van der Waals surface area contributed by atoms with Gasteiger partial charge in [0.25, 0.3) is 0 Å². The van der Waals surface area contributed by atoms with Crippen LogP contribution in [0.5, 0.6) is 11.5 Å². The number of halogens is 1. The Labute approximate surface area is 195 Å². The van der Waals surface area contributed by atoms with Crippen molar-refractivity contribution in [3.63, 3.8) is 0 Å². The lowest BCUT2D eigenvalue weighted by molar-refractivity contribution is 0.0802. The Morgan fingerprint density at radius 1 is 0.879 bits per heavy atom. The highest BCUT2D eigenvalue weighted by molar-refractivity contribution is 6.01. The predicted octanol–water partition coefficient (Wildman–Crippen LogP) is 6.90. The number of ether oxygens (including phenoxy) is 1. The van der Waals surface area contributed by atoms with Crippen LogP contribution in [0.3, 0.4) is 0 Å². The first-order chi connectivity index (χ1) is 15.4. The number of ketones is 1. The van der Waals surface area contributed by atoms with Gasteiger partial charge in [0.05, 0.1) is 11.5 Å². The van der Waals surface area contributed by atoms with Crippen LogP contribution in [0.15, 0.2) is 60.7 Å². The van der Waals surface area contributed by atoms with Crippen molar-refractivity contribution in [1.29, 1.82) is 0 Å². The number of phenols is 1. The first-order valence-electron chi connectivity index (χ1n) is 11.3. The number of para-hydroxylation sites is 1. The van der Waals surface area contributed by atoms with Crippen molar-refractivity contribution >= 4 is 5.78 Å². The molecule has 2 atom stereocenters. The van der Waals surface area contributed by atoms with E-state index in [1.807, 2.05) is 36.4 Å². The monoisotopic (exact) mass is 446 g/mol. The van der Waals surface area contributed by atoms with Crippen LogP contribution in [-0.4, -0.2) is 17.0 Å². The number of hydrogen-bond donors (Lipinski definition) is 1. The summed E-state index contributed by atoms with van der Waals surface area (Å²) in [5, 5.41) is 11.2. The van der Waals surface area contributed by atoms with Gasteiger partial charge in [0, 0.05) is 5.56 Å². The van der Waals surface area contributed by atoms with Crippen LogP contribution >= 0.6 is 0 Å². The maximum Gasteiger partial charge on any atom is 0.207 e. The number of fused-ring (bicyclic) bond motifs is 1. The molecule has 0 saturated heterocycles. The maximum absolute atomic E-state index is 14.5. The molecule has 0 aliphatic carbocycles. The smallest absolute Gasteiger partial charge is 0.207 e.